The Bertz CT molecular complexity index is 717. The van der Waals surface area contributed by atoms with Gasteiger partial charge in [0.2, 0.25) is 0 Å². The molecule has 0 aliphatic rings. The topological polar surface area (TPSA) is 46.5 Å². The lowest BCUT2D eigenvalue weighted by Gasteiger charge is -2.18. The Morgan fingerprint density at radius 1 is 1.18 bits per heavy atom. The smallest absolute Gasteiger partial charge is 0.306 e. The summed E-state index contributed by atoms with van der Waals surface area (Å²) in [5, 5.41) is 10.3. The largest absolute Gasteiger partial charge is 0.377 e. The molecule has 0 spiro atoms. The summed E-state index contributed by atoms with van der Waals surface area (Å²) in [5.74, 6) is 0.914. The zero-order valence-corrected chi connectivity index (χ0v) is 13.0. The molecule has 3 nitrogen and oxygen atoms in total. The highest BCUT2D eigenvalue weighted by atomic mass is 31.2. The van der Waals surface area contributed by atoms with Crippen LogP contribution >= 0.6 is 7.37 Å². The third-order valence-electron chi connectivity index (χ3n) is 2.94. The molecule has 5 heteroatoms. The van der Waals surface area contributed by atoms with Crippen LogP contribution in [0.2, 0.25) is 0 Å². The van der Waals surface area contributed by atoms with Gasteiger partial charge in [-0.05, 0) is 42.4 Å². The lowest BCUT2D eigenvalue weighted by molar-refractivity contribution is 0.218. The molecule has 0 heterocycles. The molecule has 1 N–H and O–H groups in total. The van der Waals surface area contributed by atoms with E-state index >= 15 is 0 Å². The first kappa shape index (κ1) is 16.5. The predicted octanol–water partition coefficient (Wildman–Crippen LogP) is 4.14. The quantitative estimate of drug-likeness (QED) is 0.681. The minimum absolute atomic E-state index is 0.152. The van der Waals surface area contributed by atoms with Gasteiger partial charge >= 0.3 is 7.37 Å². The van der Waals surface area contributed by atoms with Crippen molar-refractivity contribution < 1.29 is 18.6 Å². The third kappa shape index (κ3) is 4.05. The van der Waals surface area contributed by atoms with Crippen molar-refractivity contribution in [3.63, 3.8) is 0 Å². The van der Waals surface area contributed by atoms with E-state index in [4.69, 9.17) is 4.52 Å². The normalized spacial score (nSPS) is 14.5. The van der Waals surface area contributed by atoms with Gasteiger partial charge in [-0.25, -0.2) is 4.39 Å². The van der Waals surface area contributed by atoms with E-state index in [0.717, 1.165) is 0 Å². The minimum Gasteiger partial charge on any atom is -0.377 e. The van der Waals surface area contributed by atoms with E-state index < -0.39 is 19.0 Å². The number of hydrogen-bond acceptors (Lipinski definition) is 3. The Kier molecular flexibility index (Phi) is 5.51. The maximum Gasteiger partial charge on any atom is 0.306 e. The second-order valence-corrected chi connectivity index (χ2v) is 6.71. The number of halogens is 1. The molecular formula is C17H16FO3P. The number of hydrogen-bond donors (Lipinski definition) is 1. The van der Waals surface area contributed by atoms with Crippen LogP contribution in [-0.4, -0.2) is 11.7 Å². The van der Waals surface area contributed by atoms with Gasteiger partial charge in [0.15, 0.2) is 5.85 Å². The first-order valence-corrected chi connectivity index (χ1v) is 8.50. The molecule has 0 amide bonds. The molecular weight excluding hydrogens is 302 g/mol. The molecule has 2 aromatic carbocycles. The summed E-state index contributed by atoms with van der Waals surface area (Å²) in [4.78, 5) is 0. The van der Waals surface area contributed by atoms with Gasteiger partial charge in [0.1, 0.15) is 5.82 Å². The fraction of sp³-hybridized carbons (Fsp3) is 0.176. The van der Waals surface area contributed by atoms with Crippen LogP contribution in [0, 0.1) is 17.4 Å². The van der Waals surface area contributed by atoms with Crippen LogP contribution in [0.4, 0.5) is 4.39 Å². The molecule has 2 aromatic rings. The molecule has 0 aliphatic heterocycles. The van der Waals surface area contributed by atoms with Gasteiger partial charge in [0, 0.05) is 5.56 Å². The van der Waals surface area contributed by atoms with Crippen LogP contribution in [0.5, 0.6) is 0 Å². The van der Waals surface area contributed by atoms with Crippen LogP contribution < -0.4 is 0 Å². The first-order valence-electron chi connectivity index (χ1n) is 6.81. The van der Waals surface area contributed by atoms with Crippen LogP contribution in [-0.2, 0) is 9.09 Å². The van der Waals surface area contributed by atoms with E-state index in [-0.39, 0.29) is 6.61 Å². The number of aliphatic hydroxyl groups excluding tert-OH is 1. The van der Waals surface area contributed by atoms with Crippen molar-refractivity contribution in [3.05, 3.63) is 71.5 Å². The van der Waals surface area contributed by atoms with Gasteiger partial charge < -0.3 is 9.63 Å². The summed E-state index contributed by atoms with van der Waals surface area (Å²) in [5.41, 5.74) is 3.55. The molecule has 0 radical (unpaired) electrons. The van der Waals surface area contributed by atoms with Crippen molar-refractivity contribution in [2.75, 3.05) is 6.61 Å². The standard InChI is InChI=1S/C17H16FO3P/c1-2-21-22(20,13-12-14-6-4-3-5-7-14)17(19)15-8-10-16(18)11-9-15/h3-11,17,19H,2H2,1H3/t17-,22+/m1/s1. The highest BCUT2D eigenvalue weighted by Crippen LogP contribution is 2.57. The summed E-state index contributed by atoms with van der Waals surface area (Å²) in [6.07, 6.45) is 0. The van der Waals surface area contributed by atoms with Gasteiger partial charge in [-0.3, -0.25) is 4.57 Å². The average molecular weight is 318 g/mol. The SMILES string of the molecule is CCO[P@@](=O)(C#Cc1ccccc1)[C@@H](O)c1ccc(F)cc1. The lowest BCUT2D eigenvalue weighted by Crippen LogP contribution is -2.02. The van der Waals surface area contributed by atoms with E-state index in [0.29, 0.717) is 11.1 Å². The Morgan fingerprint density at radius 2 is 1.82 bits per heavy atom. The van der Waals surface area contributed by atoms with Crippen molar-refractivity contribution >= 4 is 7.37 Å². The molecule has 0 fully saturated rings. The maximum atomic E-state index is 13.0. The van der Waals surface area contributed by atoms with E-state index in [9.17, 15) is 14.1 Å². The Hall–Kier alpha value is -1.92. The van der Waals surface area contributed by atoms with Crippen molar-refractivity contribution in [3.8, 4) is 11.6 Å². The molecule has 114 valence electrons. The molecule has 2 rings (SSSR count). The van der Waals surface area contributed by atoms with Crippen molar-refractivity contribution in [1.29, 1.82) is 0 Å². The summed E-state index contributed by atoms with van der Waals surface area (Å²) < 4.78 is 31.0. The minimum atomic E-state index is -3.64. The molecule has 0 bridgehead atoms. The van der Waals surface area contributed by atoms with Gasteiger partial charge in [0.05, 0.1) is 6.61 Å². The molecule has 0 aliphatic carbocycles. The zero-order chi connectivity index (χ0) is 16.0. The fourth-order valence-corrected chi connectivity index (χ4v) is 3.41. The van der Waals surface area contributed by atoms with Gasteiger partial charge in [-0.1, -0.05) is 36.3 Å². The lowest BCUT2D eigenvalue weighted by atomic mass is 10.2. The van der Waals surface area contributed by atoms with Crippen molar-refractivity contribution in [2.45, 2.75) is 12.8 Å². The van der Waals surface area contributed by atoms with Gasteiger partial charge in [0.25, 0.3) is 0 Å². The van der Waals surface area contributed by atoms with Crippen LogP contribution in [0.3, 0.4) is 0 Å². The molecule has 22 heavy (non-hydrogen) atoms. The Labute approximate surface area is 129 Å². The van der Waals surface area contributed by atoms with Crippen LogP contribution in [0.1, 0.15) is 23.9 Å². The summed E-state index contributed by atoms with van der Waals surface area (Å²) >= 11 is 0. The van der Waals surface area contributed by atoms with Gasteiger partial charge in [-0.2, -0.15) is 0 Å². The number of rotatable bonds is 4. The number of benzene rings is 2. The Balaban J connectivity index is 2.33. The average Bonchev–Trinajstić information content (AvgIpc) is 2.54. The number of aliphatic hydroxyl groups is 1. The van der Waals surface area contributed by atoms with Crippen LogP contribution in [0.25, 0.3) is 0 Å². The van der Waals surface area contributed by atoms with Gasteiger partial charge in [-0.15, -0.1) is 0 Å². The summed E-state index contributed by atoms with van der Waals surface area (Å²) in [6, 6.07) is 14.1. The molecule has 0 aromatic heterocycles. The van der Waals surface area contributed by atoms with Crippen molar-refractivity contribution in [2.24, 2.45) is 0 Å². The maximum absolute atomic E-state index is 13.0. The van der Waals surface area contributed by atoms with Crippen molar-refractivity contribution in [1.82, 2.24) is 0 Å². The summed E-state index contributed by atoms with van der Waals surface area (Å²) in [7, 11) is -3.64. The summed E-state index contributed by atoms with van der Waals surface area (Å²) in [6.45, 7) is 1.83. The highest BCUT2D eigenvalue weighted by Gasteiger charge is 2.32. The first-order chi connectivity index (χ1) is 10.5. The predicted molar refractivity (Wildman–Crippen MR) is 83.9 cm³/mol. The monoisotopic (exact) mass is 318 g/mol. The molecule has 0 saturated carbocycles. The molecule has 0 saturated heterocycles. The van der Waals surface area contributed by atoms with E-state index in [1.165, 1.54) is 24.3 Å². The third-order valence-corrected chi connectivity index (χ3v) is 4.95. The highest BCUT2D eigenvalue weighted by molar-refractivity contribution is 7.64. The second kappa shape index (κ2) is 7.38. The van der Waals surface area contributed by atoms with E-state index in [1.54, 1.807) is 19.1 Å². The molecule has 2 atom stereocenters. The van der Waals surface area contributed by atoms with E-state index in [1.807, 2.05) is 18.2 Å². The van der Waals surface area contributed by atoms with E-state index in [2.05, 4.69) is 11.6 Å². The molecule has 0 unspecified atom stereocenters. The zero-order valence-electron chi connectivity index (χ0n) is 12.1. The van der Waals surface area contributed by atoms with Crippen LogP contribution in [0.15, 0.2) is 54.6 Å². The Morgan fingerprint density at radius 3 is 2.41 bits per heavy atom. The second-order valence-electron chi connectivity index (χ2n) is 4.54. The fourth-order valence-electron chi connectivity index (χ4n) is 1.85.